The van der Waals surface area contributed by atoms with Gasteiger partial charge in [0.05, 0.1) is 23.2 Å². The van der Waals surface area contributed by atoms with Gasteiger partial charge in [0.1, 0.15) is 17.3 Å². The number of aromatic carboxylic acids is 1. The second-order valence-corrected chi connectivity index (χ2v) is 6.21. The van der Waals surface area contributed by atoms with E-state index in [0.717, 1.165) is 0 Å². The Labute approximate surface area is 164 Å². The van der Waals surface area contributed by atoms with Crippen molar-refractivity contribution in [3.8, 4) is 11.3 Å². The van der Waals surface area contributed by atoms with Gasteiger partial charge in [0.25, 0.3) is 0 Å². The normalized spacial score (nSPS) is 10.9. The van der Waals surface area contributed by atoms with Crippen molar-refractivity contribution in [3.63, 3.8) is 0 Å². The molecule has 0 fully saturated rings. The SMILES string of the molecule is O=C(Cc1ccc(F)cc1)N/N=C\c1ccc(-c2ccc(Cl)c(C(=O)O)c2)o1. The third-order valence-corrected chi connectivity index (χ3v) is 4.10. The van der Waals surface area contributed by atoms with Gasteiger partial charge in [-0.05, 0) is 48.0 Å². The summed E-state index contributed by atoms with van der Waals surface area (Å²) in [6.45, 7) is 0. The molecule has 0 unspecified atom stereocenters. The first-order valence-electron chi connectivity index (χ1n) is 8.12. The number of hydrogen-bond acceptors (Lipinski definition) is 4. The highest BCUT2D eigenvalue weighted by atomic mass is 35.5. The molecule has 2 N–H and O–H groups in total. The number of carboxylic acids is 1. The van der Waals surface area contributed by atoms with E-state index in [1.165, 1.54) is 42.6 Å². The second kappa shape index (κ2) is 8.49. The van der Waals surface area contributed by atoms with Crippen LogP contribution in [0.4, 0.5) is 4.39 Å². The molecule has 3 rings (SSSR count). The van der Waals surface area contributed by atoms with Gasteiger partial charge in [-0.25, -0.2) is 14.6 Å². The number of hydrogen-bond donors (Lipinski definition) is 2. The van der Waals surface area contributed by atoms with Gasteiger partial charge in [-0.15, -0.1) is 0 Å². The molecule has 1 amide bonds. The van der Waals surface area contributed by atoms with Crippen LogP contribution >= 0.6 is 11.6 Å². The van der Waals surface area contributed by atoms with E-state index in [-0.39, 0.29) is 28.7 Å². The van der Waals surface area contributed by atoms with Crippen molar-refractivity contribution < 1.29 is 23.5 Å². The molecule has 8 heteroatoms. The standard InChI is InChI=1S/C20H14ClFN2O4/c21-17-7-3-13(10-16(17)20(26)27)18-8-6-15(28-18)11-23-24-19(25)9-12-1-4-14(22)5-2-12/h1-8,10-11H,9H2,(H,24,25)(H,26,27)/b23-11-. The predicted molar refractivity (Wildman–Crippen MR) is 102 cm³/mol. The average molecular weight is 401 g/mol. The molecule has 0 radical (unpaired) electrons. The van der Waals surface area contributed by atoms with Crippen LogP contribution in [-0.4, -0.2) is 23.2 Å². The lowest BCUT2D eigenvalue weighted by Crippen LogP contribution is -2.19. The molecule has 0 aliphatic heterocycles. The zero-order valence-electron chi connectivity index (χ0n) is 14.4. The topological polar surface area (TPSA) is 91.9 Å². The molecule has 0 aliphatic carbocycles. The number of carboxylic acid groups (broad SMARTS) is 1. The van der Waals surface area contributed by atoms with E-state index in [0.29, 0.717) is 22.6 Å². The second-order valence-electron chi connectivity index (χ2n) is 5.80. The first-order valence-corrected chi connectivity index (χ1v) is 8.49. The molecule has 0 saturated heterocycles. The van der Waals surface area contributed by atoms with E-state index < -0.39 is 5.97 Å². The zero-order valence-corrected chi connectivity index (χ0v) is 15.1. The summed E-state index contributed by atoms with van der Waals surface area (Å²) in [4.78, 5) is 23.0. The van der Waals surface area contributed by atoms with Crippen molar-refractivity contribution in [3.05, 3.63) is 82.3 Å². The summed E-state index contributed by atoms with van der Waals surface area (Å²) in [6.07, 6.45) is 1.38. The highest BCUT2D eigenvalue weighted by Crippen LogP contribution is 2.26. The zero-order chi connectivity index (χ0) is 20.1. The fourth-order valence-electron chi connectivity index (χ4n) is 2.41. The minimum Gasteiger partial charge on any atom is -0.478 e. The maximum absolute atomic E-state index is 12.9. The summed E-state index contributed by atoms with van der Waals surface area (Å²) in [7, 11) is 0. The molecular weight excluding hydrogens is 387 g/mol. The highest BCUT2D eigenvalue weighted by molar-refractivity contribution is 6.33. The Kier molecular flexibility index (Phi) is 5.86. The van der Waals surface area contributed by atoms with Crippen molar-refractivity contribution in [2.45, 2.75) is 6.42 Å². The molecule has 0 atom stereocenters. The van der Waals surface area contributed by atoms with Gasteiger partial charge in [-0.2, -0.15) is 5.10 Å². The van der Waals surface area contributed by atoms with E-state index >= 15 is 0 Å². The number of benzene rings is 2. The highest BCUT2D eigenvalue weighted by Gasteiger charge is 2.12. The van der Waals surface area contributed by atoms with Crippen molar-refractivity contribution >= 4 is 29.7 Å². The summed E-state index contributed by atoms with van der Waals surface area (Å²) < 4.78 is 18.4. The fourth-order valence-corrected chi connectivity index (χ4v) is 2.61. The van der Waals surface area contributed by atoms with Crippen LogP contribution in [0.1, 0.15) is 21.7 Å². The minimum absolute atomic E-state index is 0.0289. The molecule has 0 spiro atoms. The molecule has 1 aromatic heterocycles. The number of nitrogens with one attached hydrogen (secondary N) is 1. The average Bonchev–Trinajstić information content (AvgIpc) is 3.12. The summed E-state index contributed by atoms with van der Waals surface area (Å²) in [5.41, 5.74) is 3.53. The molecule has 28 heavy (non-hydrogen) atoms. The summed E-state index contributed by atoms with van der Waals surface area (Å²) in [5.74, 6) is -1.07. The van der Waals surface area contributed by atoms with Crippen LogP contribution in [0.2, 0.25) is 5.02 Å². The van der Waals surface area contributed by atoms with Crippen LogP contribution in [0.5, 0.6) is 0 Å². The molecule has 1 heterocycles. The van der Waals surface area contributed by atoms with Crippen LogP contribution in [0.25, 0.3) is 11.3 Å². The summed E-state index contributed by atoms with van der Waals surface area (Å²) in [5, 5.41) is 13.1. The van der Waals surface area contributed by atoms with Gasteiger partial charge in [-0.1, -0.05) is 23.7 Å². The molecule has 0 aliphatic rings. The van der Waals surface area contributed by atoms with E-state index in [1.54, 1.807) is 18.2 Å². The lowest BCUT2D eigenvalue weighted by atomic mass is 10.1. The van der Waals surface area contributed by atoms with Gasteiger partial charge in [0, 0.05) is 5.56 Å². The largest absolute Gasteiger partial charge is 0.478 e. The monoisotopic (exact) mass is 400 g/mol. The lowest BCUT2D eigenvalue weighted by Gasteiger charge is -2.02. The number of halogens is 2. The third-order valence-electron chi connectivity index (χ3n) is 3.77. The van der Waals surface area contributed by atoms with Crippen molar-refractivity contribution in [2.75, 3.05) is 0 Å². The Balaban J connectivity index is 1.62. The van der Waals surface area contributed by atoms with Crippen LogP contribution in [0.3, 0.4) is 0 Å². The minimum atomic E-state index is -1.14. The number of amides is 1. The fraction of sp³-hybridized carbons (Fsp3) is 0.0500. The third kappa shape index (κ3) is 4.83. The van der Waals surface area contributed by atoms with Crippen LogP contribution < -0.4 is 5.43 Å². The summed E-state index contributed by atoms with van der Waals surface area (Å²) in [6, 6.07) is 13.4. The van der Waals surface area contributed by atoms with Gasteiger partial charge in [0.2, 0.25) is 5.91 Å². The Morgan fingerprint density at radius 2 is 1.89 bits per heavy atom. The molecule has 0 saturated carbocycles. The first kappa shape index (κ1) is 19.3. The molecule has 6 nitrogen and oxygen atoms in total. The Hall–Kier alpha value is -3.45. The van der Waals surface area contributed by atoms with Gasteiger partial charge >= 0.3 is 5.97 Å². The van der Waals surface area contributed by atoms with E-state index in [9.17, 15) is 14.0 Å². The predicted octanol–water partition coefficient (Wildman–Crippen LogP) is 4.13. The van der Waals surface area contributed by atoms with Crippen LogP contribution in [-0.2, 0) is 11.2 Å². The van der Waals surface area contributed by atoms with Crippen molar-refractivity contribution in [1.29, 1.82) is 0 Å². The number of carbonyl (C=O) groups is 2. The first-order chi connectivity index (χ1) is 13.4. The number of rotatable bonds is 6. The maximum Gasteiger partial charge on any atom is 0.337 e. The molecular formula is C20H14ClFN2O4. The number of nitrogens with zero attached hydrogens (tertiary/aromatic N) is 1. The Morgan fingerprint density at radius 1 is 1.14 bits per heavy atom. The Bertz CT molecular complexity index is 1040. The number of furan rings is 1. The van der Waals surface area contributed by atoms with Crippen molar-refractivity contribution in [2.24, 2.45) is 5.10 Å². The molecule has 0 bridgehead atoms. The molecule has 142 valence electrons. The molecule has 3 aromatic rings. The van der Waals surface area contributed by atoms with Crippen LogP contribution in [0.15, 0.2) is 64.1 Å². The van der Waals surface area contributed by atoms with Gasteiger partial charge < -0.3 is 9.52 Å². The van der Waals surface area contributed by atoms with E-state index in [4.69, 9.17) is 21.1 Å². The smallest absolute Gasteiger partial charge is 0.337 e. The number of hydrazone groups is 1. The van der Waals surface area contributed by atoms with Gasteiger partial charge in [-0.3, -0.25) is 4.79 Å². The van der Waals surface area contributed by atoms with E-state index in [2.05, 4.69) is 10.5 Å². The van der Waals surface area contributed by atoms with Crippen LogP contribution in [0, 0.1) is 5.82 Å². The summed E-state index contributed by atoms with van der Waals surface area (Å²) >= 11 is 5.86. The van der Waals surface area contributed by atoms with E-state index in [1.807, 2.05) is 0 Å². The number of carbonyl (C=O) groups excluding carboxylic acids is 1. The van der Waals surface area contributed by atoms with Gasteiger partial charge in [0.15, 0.2) is 0 Å². The quantitative estimate of drug-likeness (QED) is 0.480. The lowest BCUT2D eigenvalue weighted by molar-refractivity contribution is -0.120. The maximum atomic E-state index is 12.9. The van der Waals surface area contributed by atoms with Crippen molar-refractivity contribution in [1.82, 2.24) is 5.43 Å². The molecule has 2 aromatic carbocycles. The Morgan fingerprint density at radius 3 is 2.61 bits per heavy atom.